The zero-order chi connectivity index (χ0) is 16.2. The summed E-state index contributed by atoms with van der Waals surface area (Å²) < 4.78 is 31.3. The van der Waals surface area contributed by atoms with Crippen LogP contribution >= 0.6 is 23.7 Å². The topological polar surface area (TPSA) is 75.7 Å². The number of esters is 1. The number of sulfonamides is 1. The number of nitrogens with zero attached hydrogens (tertiary/aromatic N) is 1. The van der Waals surface area contributed by atoms with Gasteiger partial charge in [-0.2, -0.15) is 4.31 Å². The Hall–Kier alpha value is -0.670. The van der Waals surface area contributed by atoms with Gasteiger partial charge in [0.15, 0.2) is 0 Å². The predicted molar refractivity (Wildman–Crippen MR) is 92.9 cm³/mol. The number of piperidine rings is 1. The van der Waals surface area contributed by atoms with Crippen molar-refractivity contribution in [2.24, 2.45) is 5.92 Å². The van der Waals surface area contributed by atoms with Crippen LogP contribution < -0.4 is 5.32 Å². The number of methoxy groups -OCH3 is 1. The Morgan fingerprint density at radius 1 is 1.43 bits per heavy atom. The Kier molecular flexibility index (Phi) is 7.96. The summed E-state index contributed by atoms with van der Waals surface area (Å²) in [4.78, 5) is 11.9. The molecular weight excluding hydrogens is 360 g/mol. The van der Waals surface area contributed by atoms with E-state index >= 15 is 0 Å². The van der Waals surface area contributed by atoms with Crippen LogP contribution in [0.4, 0.5) is 0 Å². The highest BCUT2D eigenvalue weighted by atomic mass is 35.5. The molecule has 0 saturated carbocycles. The molecule has 0 atom stereocenters. The first-order valence-electron chi connectivity index (χ1n) is 7.36. The van der Waals surface area contributed by atoms with Crippen molar-refractivity contribution in [3.8, 4) is 0 Å². The first-order chi connectivity index (χ1) is 10.5. The van der Waals surface area contributed by atoms with Gasteiger partial charge in [-0.3, -0.25) is 0 Å². The fourth-order valence-corrected chi connectivity index (χ4v) is 5.16. The van der Waals surface area contributed by atoms with E-state index in [9.17, 15) is 13.2 Å². The van der Waals surface area contributed by atoms with Crippen molar-refractivity contribution in [1.82, 2.24) is 9.62 Å². The molecule has 0 bridgehead atoms. The van der Waals surface area contributed by atoms with Crippen molar-refractivity contribution in [3.63, 3.8) is 0 Å². The molecule has 0 aromatic carbocycles. The number of carbonyl (C=O) groups is 1. The molecule has 0 aliphatic carbocycles. The van der Waals surface area contributed by atoms with Crippen molar-refractivity contribution >= 4 is 39.7 Å². The van der Waals surface area contributed by atoms with Gasteiger partial charge in [0.1, 0.15) is 4.88 Å². The molecule has 23 heavy (non-hydrogen) atoms. The maximum Gasteiger partial charge on any atom is 0.348 e. The Balaban J connectivity index is 0.00000264. The summed E-state index contributed by atoms with van der Waals surface area (Å²) in [5, 5.41) is 4.81. The van der Waals surface area contributed by atoms with Crippen LogP contribution in [0, 0.1) is 5.92 Å². The molecular formula is C14H23ClN2O4S2. The minimum atomic E-state index is -3.51. The summed E-state index contributed by atoms with van der Waals surface area (Å²) >= 11 is 1.09. The normalized spacial score (nSPS) is 16.8. The van der Waals surface area contributed by atoms with E-state index in [-0.39, 0.29) is 17.3 Å². The molecule has 2 heterocycles. The van der Waals surface area contributed by atoms with E-state index in [1.54, 1.807) is 0 Å². The molecule has 0 spiro atoms. The number of hydrogen-bond acceptors (Lipinski definition) is 6. The van der Waals surface area contributed by atoms with Crippen LogP contribution in [0.5, 0.6) is 0 Å². The monoisotopic (exact) mass is 382 g/mol. The highest BCUT2D eigenvalue weighted by molar-refractivity contribution is 7.89. The minimum Gasteiger partial charge on any atom is -0.465 e. The summed E-state index contributed by atoms with van der Waals surface area (Å²) in [5.41, 5.74) is 0. The van der Waals surface area contributed by atoms with Crippen molar-refractivity contribution in [2.75, 3.05) is 33.3 Å². The molecule has 1 fully saturated rings. The van der Waals surface area contributed by atoms with Crippen LogP contribution in [-0.4, -0.2) is 52.0 Å². The van der Waals surface area contributed by atoms with Crippen molar-refractivity contribution < 1.29 is 17.9 Å². The fraction of sp³-hybridized carbons (Fsp3) is 0.643. The third kappa shape index (κ3) is 4.90. The summed E-state index contributed by atoms with van der Waals surface area (Å²) in [6.07, 6.45) is 1.72. The van der Waals surface area contributed by atoms with E-state index in [1.165, 1.54) is 22.9 Å². The van der Waals surface area contributed by atoms with E-state index in [0.717, 1.165) is 37.3 Å². The summed E-state index contributed by atoms with van der Waals surface area (Å²) in [7, 11) is -2.23. The molecule has 0 unspecified atom stereocenters. The number of nitrogens with one attached hydrogen (secondary N) is 1. The van der Waals surface area contributed by atoms with Crippen LogP contribution in [0.2, 0.25) is 0 Å². The maximum absolute atomic E-state index is 12.6. The SMILES string of the molecule is CCNCC1CCN(S(=O)(=O)c2csc(C(=O)OC)c2)CC1.Cl. The number of carbonyl (C=O) groups excluding carboxylic acids is 1. The molecule has 1 aliphatic heterocycles. The molecule has 1 N–H and O–H groups in total. The third-order valence-electron chi connectivity index (χ3n) is 3.86. The van der Waals surface area contributed by atoms with Gasteiger partial charge in [-0.15, -0.1) is 23.7 Å². The van der Waals surface area contributed by atoms with E-state index in [1.807, 2.05) is 0 Å². The molecule has 1 aromatic rings. The molecule has 2 rings (SSSR count). The second-order valence-corrected chi connectivity index (χ2v) is 8.14. The maximum atomic E-state index is 12.6. The third-order valence-corrected chi connectivity index (χ3v) is 6.79. The summed E-state index contributed by atoms with van der Waals surface area (Å²) in [6, 6.07) is 1.40. The first kappa shape index (κ1) is 20.4. The quantitative estimate of drug-likeness (QED) is 0.761. The second kappa shape index (κ2) is 8.98. The van der Waals surface area contributed by atoms with Crippen LogP contribution in [0.25, 0.3) is 0 Å². The Labute approximate surface area is 147 Å². The number of halogens is 1. The van der Waals surface area contributed by atoms with Gasteiger partial charge < -0.3 is 10.1 Å². The summed E-state index contributed by atoms with van der Waals surface area (Å²) in [5.74, 6) is 0.0234. The van der Waals surface area contributed by atoms with Gasteiger partial charge in [-0.1, -0.05) is 6.92 Å². The lowest BCUT2D eigenvalue weighted by Gasteiger charge is -2.31. The average molecular weight is 383 g/mol. The Morgan fingerprint density at radius 2 is 2.09 bits per heavy atom. The van der Waals surface area contributed by atoms with Crippen molar-refractivity contribution in [1.29, 1.82) is 0 Å². The van der Waals surface area contributed by atoms with E-state index in [0.29, 0.717) is 23.9 Å². The van der Waals surface area contributed by atoms with Gasteiger partial charge in [-0.05, 0) is 37.9 Å². The Morgan fingerprint density at radius 3 is 2.65 bits per heavy atom. The summed E-state index contributed by atoms with van der Waals surface area (Å²) in [6.45, 7) is 5.00. The van der Waals surface area contributed by atoms with Gasteiger partial charge >= 0.3 is 5.97 Å². The molecule has 132 valence electrons. The lowest BCUT2D eigenvalue weighted by molar-refractivity contribution is 0.0606. The molecule has 9 heteroatoms. The lowest BCUT2D eigenvalue weighted by atomic mass is 9.98. The van der Waals surface area contributed by atoms with Gasteiger partial charge in [0.25, 0.3) is 0 Å². The molecule has 0 radical (unpaired) electrons. The molecule has 1 saturated heterocycles. The number of ether oxygens (including phenoxy) is 1. The van der Waals surface area contributed by atoms with Crippen LogP contribution in [-0.2, 0) is 14.8 Å². The highest BCUT2D eigenvalue weighted by Crippen LogP contribution is 2.27. The number of rotatable bonds is 6. The average Bonchev–Trinajstić information content (AvgIpc) is 3.03. The van der Waals surface area contributed by atoms with E-state index < -0.39 is 16.0 Å². The molecule has 6 nitrogen and oxygen atoms in total. The fourth-order valence-electron chi connectivity index (χ4n) is 2.51. The lowest BCUT2D eigenvalue weighted by Crippen LogP contribution is -2.40. The van der Waals surface area contributed by atoms with Gasteiger partial charge in [-0.25, -0.2) is 13.2 Å². The molecule has 1 aromatic heterocycles. The number of thiophene rings is 1. The van der Waals surface area contributed by atoms with Crippen LogP contribution in [0.15, 0.2) is 16.3 Å². The predicted octanol–water partition coefficient (Wildman–Crippen LogP) is 1.97. The van der Waals surface area contributed by atoms with E-state index in [4.69, 9.17) is 0 Å². The molecule has 1 aliphatic rings. The largest absolute Gasteiger partial charge is 0.465 e. The molecule has 0 amide bonds. The standard InChI is InChI=1S/C14H22N2O4S2.ClH/c1-3-15-9-11-4-6-16(7-5-11)22(18,19)12-8-13(21-10-12)14(17)20-2;/h8,10-11,15H,3-7,9H2,1-2H3;1H. The highest BCUT2D eigenvalue weighted by Gasteiger charge is 2.30. The Bertz CT molecular complexity index is 610. The zero-order valence-corrected chi connectivity index (χ0v) is 15.7. The van der Waals surface area contributed by atoms with E-state index in [2.05, 4.69) is 17.0 Å². The van der Waals surface area contributed by atoms with Crippen molar-refractivity contribution in [3.05, 3.63) is 16.3 Å². The van der Waals surface area contributed by atoms with Gasteiger partial charge in [0.05, 0.1) is 12.0 Å². The first-order valence-corrected chi connectivity index (χ1v) is 9.68. The van der Waals surface area contributed by atoms with Gasteiger partial charge in [0.2, 0.25) is 10.0 Å². The second-order valence-electron chi connectivity index (χ2n) is 5.29. The van der Waals surface area contributed by atoms with Crippen molar-refractivity contribution in [2.45, 2.75) is 24.7 Å². The number of hydrogen-bond donors (Lipinski definition) is 1. The minimum absolute atomic E-state index is 0. The van der Waals surface area contributed by atoms with Crippen LogP contribution in [0.1, 0.15) is 29.4 Å². The smallest absolute Gasteiger partial charge is 0.348 e. The zero-order valence-electron chi connectivity index (χ0n) is 13.3. The van der Waals surface area contributed by atoms with Gasteiger partial charge in [0, 0.05) is 18.5 Å². The van der Waals surface area contributed by atoms with Crippen LogP contribution in [0.3, 0.4) is 0 Å².